The van der Waals surface area contributed by atoms with Crippen molar-refractivity contribution < 1.29 is 0 Å². The van der Waals surface area contributed by atoms with E-state index in [1.54, 1.807) is 0 Å². The zero-order valence-corrected chi connectivity index (χ0v) is 29.4. The number of hydrogen-bond donors (Lipinski definition) is 0. The SMILES string of the molecule is c1ccc2cc(-n3c4ccccc4c4c(-c5ccc6c(c5)c5ccccc5n6-c5cccc6ccccc56)cc5c6ccccc6sc5c43)ccc2c1. The quantitative estimate of drug-likeness (QED) is 0.175. The van der Waals surface area contributed by atoms with Gasteiger partial charge in [-0.1, -0.05) is 127 Å². The van der Waals surface area contributed by atoms with E-state index in [2.05, 4.69) is 191 Å². The van der Waals surface area contributed by atoms with Crippen LogP contribution in [0.2, 0.25) is 0 Å². The Morgan fingerprint density at radius 1 is 0.377 bits per heavy atom. The third-order valence-electron chi connectivity index (χ3n) is 11.3. The predicted molar refractivity (Wildman–Crippen MR) is 228 cm³/mol. The molecule has 3 heteroatoms. The molecule has 0 unspecified atom stereocenters. The molecular formula is C50H30N2S. The summed E-state index contributed by atoms with van der Waals surface area (Å²) in [6.45, 7) is 0. The summed E-state index contributed by atoms with van der Waals surface area (Å²) >= 11 is 1.90. The molecule has 0 N–H and O–H groups in total. The lowest BCUT2D eigenvalue weighted by Gasteiger charge is -2.13. The van der Waals surface area contributed by atoms with Gasteiger partial charge in [-0.3, -0.25) is 0 Å². The zero-order valence-electron chi connectivity index (χ0n) is 28.6. The van der Waals surface area contributed by atoms with E-state index in [1.807, 2.05) is 11.3 Å². The number of hydrogen-bond acceptors (Lipinski definition) is 1. The molecule has 0 aliphatic carbocycles. The normalized spacial score (nSPS) is 12.2. The number of para-hydroxylation sites is 2. The van der Waals surface area contributed by atoms with Crippen LogP contribution in [0.25, 0.3) is 108 Å². The highest BCUT2D eigenvalue weighted by molar-refractivity contribution is 7.26. The molecule has 0 radical (unpaired) electrons. The molecule has 2 nitrogen and oxygen atoms in total. The lowest BCUT2D eigenvalue weighted by molar-refractivity contribution is 1.19. The van der Waals surface area contributed by atoms with Gasteiger partial charge in [-0.2, -0.15) is 0 Å². The highest BCUT2D eigenvalue weighted by Gasteiger charge is 2.23. The van der Waals surface area contributed by atoms with E-state index in [0.29, 0.717) is 0 Å². The van der Waals surface area contributed by atoms with Crippen LogP contribution in [0.5, 0.6) is 0 Å². The van der Waals surface area contributed by atoms with Crippen molar-refractivity contribution in [2.75, 3.05) is 0 Å². The fourth-order valence-electron chi connectivity index (χ4n) is 8.94. The topological polar surface area (TPSA) is 9.86 Å². The number of nitrogens with zero attached hydrogens (tertiary/aromatic N) is 2. The van der Waals surface area contributed by atoms with Crippen LogP contribution in [0.4, 0.5) is 0 Å². The van der Waals surface area contributed by atoms with Gasteiger partial charge in [-0.15, -0.1) is 11.3 Å². The Morgan fingerprint density at radius 3 is 1.91 bits per heavy atom. The number of benzene rings is 9. The standard InChI is InChI=1S/C50H30N2S/c1-2-14-33-28-35(26-24-31(33)12-1)51-45-21-9-6-19-39(45)48-40(30-42-38-18-7-10-23-47(38)53-50(42)49(48)51)34-25-27-46-41(29-34)37-17-5-8-20-44(37)52(46)43-22-11-15-32-13-3-4-16-36(32)43/h1-30H. The van der Waals surface area contributed by atoms with E-state index in [4.69, 9.17) is 0 Å². The molecule has 9 aromatic carbocycles. The maximum atomic E-state index is 2.52. The second-order valence-corrected chi connectivity index (χ2v) is 15.1. The molecular weight excluding hydrogens is 661 g/mol. The fourth-order valence-corrected chi connectivity index (χ4v) is 10.2. The first kappa shape index (κ1) is 29.0. The summed E-state index contributed by atoms with van der Waals surface area (Å²) < 4.78 is 7.60. The molecule has 0 atom stereocenters. The van der Waals surface area contributed by atoms with Crippen LogP contribution in [0, 0.1) is 0 Å². The van der Waals surface area contributed by atoms with E-state index >= 15 is 0 Å². The summed E-state index contributed by atoms with van der Waals surface area (Å²) in [6, 6.07) is 67.2. The van der Waals surface area contributed by atoms with Crippen LogP contribution in [-0.4, -0.2) is 9.13 Å². The maximum Gasteiger partial charge on any atom is 0.0726 e. The third kappa shape index (κ3) is 4.08. The molecule has 0 spiro atoms. The van der Waals surface area contributed by atoms with Crippen molar-refractivity contribution in [3.8, 4) is 22.5 Å². The van der Waals surface area contributed by atoms with Crippen molar-refractivity contribution in [1.29, 1.82) is 0 Å². The van der Waals surface area contributed by atoms with Gasteiger partial charge in [0.2, 0.25) is 0 Å². The summed E-state index contributed by atoms with van der Waals surface area (Å²) in [7, 11) is 0. The van der Waals surface area contributed by atoms with E-state index < -0.39 is 0 Å². The Bertz CT molecular complexity index is 3460. The molecule has 0 saturated heterocycles. The highest BCUT2D eigenvalue weighted by Crippen LogP contribution is 2.48. The van der Waals surface area contributed by atoms with Gasteiger partial charge in [-0.25, -0.2) is 0 Å². The summed E-state index contributed by atoms with van der Waals surface area (Å²) in [4.78, 5) is 0. The molecule has 3 aromatic heterocycles. The molecule has 12 aromatic rings. The van der Waals surface area contributed by atoms with E-state index in [1.165, 1.54) is 108 Å². The van der Waals surface area contributed by atoms with Gasteiger partial charge < -0.3 is 9.13 Å². The molecule has 3 heterocycles. The fraction of sp³-hybridized carbons (Fsp3) is 0. The first-order valence-corrected chi connectivity index (χ1v) is 19.0. The number of fused-ring (bicyclic) bond motifs is 12. The van der Waals surface area contributed by atoms with Crippen LogP contribution < -0.4 is 0 Å². The van der Waals surface area contributed by atoms with E-state index in [-0.39, 0.29) is 0 Å². The van der Waals surface area contributed by atoms with E-state index in [9.17, 15) is 0 Å². The van der Waals surface area contributed by atoms with Crippen molar-refractivity contribution in [3.05, 3.63) is 182 Å². The zero-order chi connectivity index (χ0) is 34.6. The van der Waals surface area contributed by atoms with Crippen LogP contribution in [0.3, 0.4) is 0 Å². The molecule has 0 bridgehead atoms. The Labute approximate surface area is 309 Å². The lowest BCUT2D eigenvalue weighted by atomic mass is 9.95. The predicted octanol–water partition coefficient (Wildman–Crippen LogP) is 14.2. The second kappa shape index (κ2) is 10.9. The van der Waals surface area contributed by atoms with Gasteiger partial charge >= 0.3 is 0 Å². The van der Waals surface area contributed by atoms with Crippen molar-refractivity contribution in [3.63, 3.8) is 0 Å². The van der Waals surface area contributed by atoms with Crippen LogP contribution >= 0.6 is 11.3 Å². The van der Waals surface area contributed by atoms with Crippen molar-refractivity contribution >= 4 is 96.7 Å². The van der Waals surface area contributed by atoms with Crippen LogP contribution in [-0.2, 0) is 0 Å². The minimum Gasteiger partial charge on any atom is -0.309 e. The lowest BCUT2D eigenvalue weighted by Crippen LogP contribution is -1.95. The van der Waals surface area contributed by atoms with Crippen LogP contribution in [0.15, 0.2) is 182 Å². The first-order chi connectivity index (χ1) is 26.3. The Kier molecular flexibility index (Phi) is 5.96. The van der Waals surface area contributed by atoms with Gasteiger partial charge in [0, 0.05) is 48.1 Å². The molecule has 0 aliphatic heterocycles. The number of thiophene rings is 1. The van der Waals surface area contributed by atoms with Crippen molar-refractivity contribution in [2.45, 2.75) is 0 Å². The van der Waals surface area contributed by atoms with Gasteiger partial charge in [-0.05, 0) is 81.9 Å². The summed E-state index contributed by atoms with van der Waals surface area (Å²) in [5.74, 6) is 0. The molecule has 53 heavy (non-hydrogen) atoms. The largest absolute Gasteiger partial charge is 0.309 e. The smallest absolute Gasteiger partial charge is 0.0726 e. The Morgan fingerprint density at radius 2 is 1.04 bits per heavy atom. The second-order valence-electron chi connectivity index (χ2n) is 14.1. The summed E-state index contributed by atoms with van der Waals surface area (Å²) in [5, 5.41) is 12.7. The van der Waals surface area contributed by atoms with Gasteiger partial charge in [0.25, 0.3) is 0 Å². The average molecular weight is 691 g/mol. The van der Waals surface area contributed by atoms with Crippen molar-refractivity contribution in [1.82, 2.24) is 9.13 Å². The van der Waals surface area contributed by atoms with Gasteiger partial charge in [0.15, 0.2) is 0 Å². The maximum absolute atomic E-state index is 2.52. The minimum absolute atomic E-state index is 1.18. The first-order valence-electron chi connectivity index (χ1n) is 18.2. The Hall–Kier alpha value is -6.68. The summed E-state index contributed by atoms with van der Waals surface area (Å²) in [6.07, 6.45) is 0. The number of aromatic nitrogens is 2. The monoisotopic (exact) mass is 690 g/mol. The summed E-state index contributed by atoms with van der Waals surface area (Å²) in [5.41, 5.74) is 9.79. The molecule has 0 fully saturated rings. The molecule has 0 aliphatic rings. The Balaban J connectivity index is 1.21. The van der Waals surface area contributed by atoms with Gasteiger partial charge in [0.05, 0.1) is 32.5 Å². The highest BCUT2D eigenvalue weighted by atomic mass is 32.1. The van der Waals surface area contributed by atoms with Crippen LogP contribution in [0.1, 0.15) is 0 Å². The molecule has 0 amide bonds. The number of rotatable bonds is 3. The van der Waals surface area contributed by atoms with E-state index in [0.717, 1.165) is 0 Å². The third-order valence-corrected chi connectivity index (χ3v) is 12.5. The minimum atomic E-state index is 1.18. The van der Waals surface area contributed by atoms with Gasteiger partial charge in [0.1, 0.15) is 0 Å². The average Bonchev–Trinajstić information content (AvgIpc) is 3.88. The van der Waals surface area contributed by atoms with Crippen molar-refractivity contribution in [2.24, 2.45) is 0 Å². The molecule has 0 saturated carbocycles. The molecule has 12 rings (SSSR count). The molecule has 246 valence electrons.